The monoisotopic (exact) mass is 231 g/mol. The Morgan fingerprint density at radius 3 is 2.25 bits per heavy atom. The molecule has 0 aromatic carbocycles. The van der Waals surface area contributed by atoms with Crippen LogP contribution in [0.2, 0.25) is 0 Å². The molecule has 98 valence electrons. The number of hydrogen-bond donors (Lipinski definition) is 2. The maximum absolute atomic E-state index is 9.31. The van der Waals surface area contributed by atoms with Crippen molar-refractivity contribution in [1.82, 2.24) is 5.32 Å². The van der Waals surface area contributed by atoms with E-state index in [1.165, 1.54) is 0 Å². The molecule has 0 aromatic heterocycles. The lowest BCUT2D eigenvalue weighted by Gasteiger charge is -2.31. The van der Waals surface area contributed by atoms with Crippen LogP contribution in [0.1, 0.15) is 47.5 Å². The topological polar surface area (TPSA) is 41.5 Å². The average molecular weight is 231 g/mol. The lowest BCUT2D eigenvalue weighted by atomic mass is 9.88. The van der Waals surface area contributed by atoms with Crippen LogP contribution in [-0.2, 0) is 4.74 Å². The fraction of sp³-hybridized carbons (Fsp3) is 1.00. The van der Waals surface area contributed by atoms with Gasteiger partial charge in [-0.3, -0.25) is 0 Å². The standard InChI is InChI=1S/C13H29NO2/c1-7-13(5,10-15)9-14-11(2)8-12(3,4)16-6/h11,14-15H,7-10H2,1-6H3. The van der Waals surface area contributed by atoms with Crippen molar-refractivity contribution in [2.24, 2.45) is 5.41 Å². The molecule has 0 rings (SSSR count). The van der Waals surface area contributed by atoms with Gasteiger partial charge in [-0.2, -0.15) is 0 Å². The number of ether oxygens (including phenoxy) is 1. The maximum Gasteiger partial charge on any atom is 0.0637 e. The minimum atomic E-state index is -0.0890. The zero-order chi connectivity index (χ0) is 12.8. The number of aliphatic hydroxyl groups excluding tert-OH is 1. The van der Waals surface area contributed by atoms with Gasteiger partial charge in [0.05, 0.1) is 5.60 Å². The molecular formula is C13H29NO2. The van der Waals surface area contributed by atoms with Gasteiger partial charge in [-0.05, 0) is 33.6 Å². The van der Waals surface area contributed by atoms with Crippen LogP contribution in [0.3, 0.4) is 0 Å². The molecule has 3 nitrogen and oxygen atoms in total. The minimum absolute atomic E-state index is 0.00846. The van der Waals surface area contributed by atoms with Gasteiger partial charge >= 0.3 is 0 Å². The number of rotatable bonds is 8. The van der Waals surface area contributed by atoms with Gasteiger partial charge in [0.1, 0.15) is 0 Å². The first kappa shape index (κ1) is 15.9. The molecule has 0 fully saturated rings. The van der Waals surface area contributed by atoms with Crippen molar-refractivity contribution < 1.29 is 9.84 Å². The first-order chi connectivity index (χ1) is 7.28. The van der Waals surface area contributed by atoms with Crippen LogP contribution in [-0.4, -0.2) is 37.0 Å². The highest BCUT2D eigenvalue weighted by Crippen LogP contribution is 2.20. The Morgan fingerprint density at radius 2 is 1.88 bits per heavy atom. The number of aliphatic hydroxyl groups is 1. The van der Waals surface area contributed by atoms with Gasteiger partial charge in [-0.1, -0.05) is 13.8 Å². The van der Waals surface area contributed by atoms with E-state index in [9.17, 15) is 5.11 Å². The Bertz CT molecular complexity index is 188. The molecule has 0 amide bonds. The second-order valence-corrected chi connectivity index (χ2v) is 5.77. The van der Waals surface area contributed by atoms with E-state index in [1.54, 1.807) is 7.11 Å². The van der Waals surface area contributed by atoms with E-state index in [4.69, 9.17) is 4.74 Å². The summed E-state index contributed by atoms with van der Waals surface area (Å²) in [7, 11) is 1.75. The summed E-state index contributed by atoms with van der Waals surface area (Å²) in [5, 5.41) is 12.8. The molecule has 0 aliphatic carbocycles. The molecule has 0 radical (unpaired) electrons. The Labute approximate surface area is 101 Å². The Kier molecular flexibility index (Phi) is 6.53. The summed E-state index contributed by atoms with van der Waals surface area (Å²) in [5.74, 6) is 0. The van der Waals surface area contributed by atoms with Gasteiger partial charge in [-0.25, -0.2) is 0 Å². The molecule has 0 aromatic rings. The lowest BCUT2D eigenvalue weighted by Crippen LogP contribution is -2.42. The molecule has 0 heterocycles. The van der Waals surface area contributed by atoms with E-state index in [-0.39, 0.29) is 17.6 Å². The first-order valence-electron chi connectivity index (χ1n) is 6.18. The molecule has 0 saturated carbocycles. The van der Waals surface area contributed by atoms with Crippen LogP contribution in [0.15, 0.2) is 0 Å². The van der Waals surface area contributed by atoms with Crippen molar-refractivity contribution in [2.75, 3.05) is 20.3 Å². The van der Waals surface area contributed by atoms with Crippen molar-refractivity contribution in [3.8, 4) is 0 Å². The number of nitrogens with one attached hydrogen (secondary N) is 1. The van der Waals surface area contributed by atoms with E-state index in [0.717, 1.165) is 19.4 Å². The maximum atomic E-state index is 9.31. The SMILES string of the molecule is CCC(C)(CO)CNC(C)CC(C)(C)OC. The fourth-order valence-electron chi connectivity index (χ4n) is 1.61. The second-order valence-electron chi connectivity index (χ2n) is 5.77. The van der Waals surface area contributed by atoms with Crippen LogP contribution in [0.5, 0.6) is 0 Å². The third-order valence-electron chi connectivity index (χ3n) is 3.46. The number of methoxy groups -OCH3 is 1. The third kappa shape index (κ3) is 5.83. The molecule has 2 atom stereocenters. The summed E-state index contributed by atoms with van der Waals surface area (Å²) >= 11 is 0. The van der Waals surface area contributed by atoms with Gasteiger partial charge in [-0.15, -0.1) is 0 Å². The smallest absolute Gasteiger partial charge is 0.0637 e. The summed E-state index contributed by atoms with van der Waals surface area (Å²) in [6.45, 7) is 11.6. The van der Waals surface area contributed by atoms with Crippen LogP contribution in [0.25, 0.3) is 0 Å². The van der Waals surface area contributed by atoms with Gasteiger partial charge in [0, 0.05) is 31.7 Å². The van der Waals surface area contributed by atoms with E-state index >= 15 is 0 Å². The highest BCUT2D eigenvalue weighted by molar-refractivity contribution is 4.80. The molecule has 0 saturated heterocycles. The van der Waals surface area contributed by atoms with Gasteiger partial charge in [0.25, 0.3) is 0 Å². The van der Waals surface area contributed by atoms with Crippen LogP contribution >= 0.6 is 0 Å². The quantitative estimate of drug-likeness (QED) is 0.673. The molecule has 0 spiro atoms. The van der Waals surface area contributed by atoms with E-state index in [0.29, 0.717) is 6.04 Å². The zero-order valence-corrected chi connectivity index (χ0v) is 11.8. The Balaban J connectivity index is 4.02. The predicted molar refractivity (Wildman–Crippen MR) is 68.7 cm³/mol. The Hall–Kier alpha value is -0.120. The van der Waals surface area contributed by atoms with Gasteiger partial charge in [0.2, 0.25) is 0 Å². The second kappa shape index (κ2) is 6.58. The summed E-state index contributed by atoms with van der Waals surface area (Å²) < 4.78 is 5.40. The van der Waals surface area contributed by atoms with Crippen LogP contribution < -0.4 is 5.32 Å². The van der Waals surface area contributed by atoms with Crippen LogP contribution in [0, 0.1) is 5.41 Å². The normalized spacial score (nSPS) is 18.2. The first-order valence-corrected chi connectivity index (χ1v) is 6.18. The molecule has 0 bridgehead atoms. The van der Waals surface area contributed by atoms with Crippen LogP contribution in [0.4, 0.5) is 0 Å². The minimum Gasteiger partial charge on any atom is -0.396 e. The summed E-state index contributed by atoms with van der Waals surface area (Å²) in [6, 6.07) is 0.396. The van der Waals surface area contributed by atoms with Crippen molar-refractivity contribution in [3.63, 3.8) is 0 Å². The Morgan fingerprint density at radius 1 is 1.31 bits per heavy atom. The van der Waals surface area contributed by atoms with E-state index < -0.39 is 0 Å². The highest BCUT2D eigenvalue weighted by Gasteiger charge is 2.24. The van der Waals surface area contributed by atoms with E-state index in [1.807, 2.05) is 0 Å². The molecule has 0 aliphatic heterocycles. The third-order valence-corrected chi connectivity index (χ3v) is 3.46. The van der Waals surface area contributed by atoms with Crippen molar-refractivity contribution in [1.29, 1.82) is 0 Å². The fourth-order valence-corrected chi connectivity index (χ4v) is 1.61. The molecule has 3 heteroatoms. The summed E-state index contributed by atoms with van der Waals surface area (Å²) in [5.41, 5.74) is -0.0975. The van der Waals surface area contributed by atoms with E-state index in [2.05, 4.69) is 39.9 Å². The van der Waals surface area contributed by atoms with Crippen molar-refractivity contribution in [3.05, 3.63) is 0 Å². The highest BCUT2D eigenvalue weighted by atomic mass is 16.5. The molecule has 2 unspecified atom stereocenters. The van der Waals surface area contributed by atoms with Gasteiger partial charge in [0.15, 0.2) is 0 Å². The predicted octanol–water partition coefficient (Wildman–Crippen LogP) is 2.19. The molecule has 16 heavy (non-hydrogen) atoms. The largest absolute Gasteiger partial charge is 0.396 e. The van der Waals surface area contributed by atoms with Crippen molar-refractivity contribution >= 4 is 0 Å². The molecular weight excluding hydrogens is 202 g/mol. The molecule has 2 N–H and O–H groups in total. The number of hydrogen-bond acceptors (Lipinski definition) is 3. The molecule has 0 aliphatic rings. The van der Waals surface area contributed by atoms with Gasteiger partial charge < -0.3 is 15.2 Å². The zero-order valence-electron chi connectivity index (χ0n) is 11.8. The lowest BCUT2D eigenvalue weighted by molar-refractivity contribution is 0.00712. The summed E-state index contributed by atoms with van der Waals surface area (Å²) in [4.78, 5) is 0. The average Bonchev–Trinajstić information content (AvgIpc) is 2.25. The summed E-state index contributed by atoms with van der Waals surface area (Å²) in [6.07, 6.45) is 1.95. The van der Waals surface area contributed by atoms with Crippen molar-refractivity contribution in [2.45, 2.75) is 59.1 Å².